The SMILES string of the molecule is Cc1ccccc1CNC(=O)c1cnc(N2CCCCCC2)cn1. The zero-order chi connectivity index (χ0) is 16.8. The second kappa shape index (κ2) is 7.90. The second-order valence-electron chi connectivity index (χ2n) is 6.27. The van der Waals surface area contributed by atoms with E-state index in [4.69, 9.17) is 0 Å². The summed E-state index contributed by atoms with van der Waals surface area (Å²) in [4.78, 5) is 23.2. The van der Waals surface area contributed by atoms with E-state index in [0.717, 1.165) is 24.5 Å². The van der Waals surface area contributed by atoms with Crippen LogP contribution in [-0.2, 0) is 6.54 Å². The molecule has 1 aromatic heterocycles. The summed E-state index contributed by atoms with van der Waals surface area (Å²) in [6.07, 6.45) is 8.24. The molecule has 1 fully saturated rings. The highest BCUT2D eigenvalue weighted by atomic mass is 16.1. The molecule has 0 aliphatic carbocycles. The summed E-state index contributed by atoms with van der Waals surface area (Å²) in [7, 11) is 0. The predicted octanol–water partition coefficient (Wildman–Crippen LogP) is 3.10. The van der Waals surface area contributed by atoms with Crippen LogP contribution in [0.2, 0.25) is 0 Å². The van der Waals surface area contributed by atoms with E-state index in [-0.39, 0.29) is 5.91 Å². The highest BCUT2D eigenvalue weighted by Gasteiger charge is 2.13. The lowest BCUT2D eigenvalue weighted by atomic mass is 10.1. The average molecular weight is 324 g/mol. The van der Waals surface area contributed by atoms with Gasteiger partial charge in [-0.2, -0.15) is 0 Å². The quantitative estimate of drug-likeness (QED) is 0.939. The van der Waals surface area contributed by atoms with Crippen LogP contribution < -0.4 is 10.2 Å². The summed E-state index contributed by atoms with van der Waals surface area (Å²) in [5.41, 5.74) is 2.64. The fourth-order valence-corrected chi connectivity index (χ4v) is 2.98. The number of aromatic nitrogens is 2. The summed E-state index contributed by atoms with van der Waals surface area (Å²) in [5.74, 6) is 0.681. The van der Waals surface area contributed by atoms with Crippen molar-refractivity contribution in [1.29, 1.82) is 0 Å². The maximum absolute atomic E-state index is 12.2. The Morgan fingerprint density at radius 2 is 1.83 bits per heavy atom. The molecule has 0 spiro atoms. The molecule has 1 aliphatic heterocycles. The van der Waals surface area contributed by atoms with Crippen LogP contribution in [0.1, 0.15) is 47.3 Å². The topological polar surface area (TPSA) is 58.1 Å². The minimum Gasteiger partial charge on any atom is -0.355 e. The van der Waals surface area contributed by atoms with Crippen LogP contribution in [0.4, 0.5) is 5.82 Å². The Labute approximate surface area is 143 Å². The van der Waals surface area contributed by atoms with Crippen LogP contribution in [0.5, 0.6) is 0 Å². The lowest BCUT2D eigenvalue weighted by Crippen LogP contribution is -2.27. The molecular formula is C19H24N4O. The lowest BCUT2D eigenvalue weighted by molar-refractivity contribution is 0.0945. The molecule has 1 aromatic carbocycles. The van der Waals surface area contributed by atoms with Crippen LogP contribution in [0.25, 0.3) is 0 Å². The summed E-state index contributed by atoms with van der Waals surface area (Å²) >= 11 is 0. The Morgan fingerprint density at radius 3 is 2.50 bits per heavy atom. The van der Waals surface area contributed by atoms with Gasteiger partial charge in [-0.3, -0.25) is 4.79 Å². The van der Waals surface area contributed by atoms with E-state index in [0.29, 0.717) is 12.2 Å². The molecule has 3 rings (SSSR count). The van der Waals surface area contributed by atoms with Crippen molar-refractivity contribution in [3.8, 4) is 0 Å². The highest BCUT2D eigenvalue weighted by Crippen LogP contribution is 2.16. The molecule has 0 unspecified atom stereocenters. The van der Waals surface area contributed by atoms with Gasteiger partial charge in [0.1, 0.15) is 11.5 Å². The largest absolute Gasteiger partial charge is 0.355 e. The number of aryl methyl sites for hydroxylation is 1. The van der Waals surface area contributed by atoms with Gasteiger partial charge in [0.15, 0.2) is 0 Å². The van der Waals surface area contributed by atoms with Gasteiger partial charge in [0.2, 0.25) is 0 Å². The van der Waals surface area contributed by atoms with Gasteiger partial charge < -0.3 is 10.2 Å². The summed E-state index contributed by atoms with van der Waals surface area (Å²) in [5, 5.41) is 2.91. The standard InChI is InChI=1S/C19H24N4O/c1-15-8-4-5-9-16(15)12-22-19(24)17-13-21-18(14-20-17)23-10-6-2-3-7-11-23/h4-5,8-9,13-14H,2-3,6-7,10-12H2,1H3,(H,22,24). The van der Waals surface area contributed by atoms with Gasteiger partial charge in [-0.05, 0) is 30.9 Å². The van der Waals surface area contributed by atoms with Crippen LogP contribution in [0, 0.1) is 6.92 Å². The smallest absolute Gasteiger partial charge is 0.271 e. The zero-order valence-corrected chi connectivity index (χ0v) is 14.2. The second-order valence-corrected chi connectivity index (χ2v) is 6.27. The number of hydrogen-bond donors (Lipinski definition) is 1. The molecule has 0 radical (unpaired) electrons. The third kappa shape index (κ3) is 4.10. The van der Waals surface area contributed by atoms with E-state index in [1.807, 2.05) is 31.2 Å². The Bertz CT molecular complexity index is 676. The average Bonchev–Trinajstić information content (AvgIpc) is 2.90. The van der Waals surface area contributed by atoms with E-state index < -0.39 is 0 Å². The van der Waals surface area contributed by atoms with E-state index >= 15 is 0 Å². The molecule has 5 heteroatoms. The molecule has 1 aliphatic rings. The van der Waals surface area contributed by atoms with E-state index in [9.17, 15) is 4.79 Å². The van der Waals surface area contributed by atoms with Crippen LogP contribution in [-0.4, -0.2) is 29.0 Å². The maximum Gasteiger partial charge on any atom is 0.271 e. The first kappa shape index (κ1) is 16.4. The summed E-state index contributed by atoms with van der Waals surface area (Å²) in [6.45, 7) is 4.58. The zero-order valence-electron chi connectivity index (χ0n) is 14.2. The monoisotopic (exact) mass is 324 g/mol. The number of rotatable bonds is 4. The normalized spacial score (nSPS) is 15.0. The molecule has 0 bridgehead atoms. The molecule has 2 heterocycles. The fraction of sp³-hybridized carbons (Fsp3) is 0.421. The predicted molar refractivity (Wildman–Crippen MR) is 95.1 cm³/mol. The number of amides is 1. The van der Waals surface area contributed by atoms with Crippen LogP contribution in [0.3, 0.4) is 0 Å². The first-order chi connectivity index (χ1) is 11.7. The lowest BCUT2D eigenvalue weighted by Gasteiger charge is -2.20. The minimum atomic E-state index is -0.187. The van der Waals surface area contributed by atoms with Crippen molar-refractivity contribution >= 4 is 11.7 Å². The van der Waals surface area contributed by atoms with Crippen molar-refractivity contribution in [2.45, 2.75) is 39.2 Å². The molecule has 0 saturated carbocycles. The van der Waals surface area contributed by atoms with Crippen molar-refractivity contribution < 1.29 is 4.79 Å². The first-order valence-electron chi connectivity index (χ1n) is 8.64. The van der Waals surface area contributed by atoms with Crippen molar-refractivity contribution in [1.82, 2.24) is 15.3 Å². The maximum atomic E-state index is 12.2. The first-order valence-corrected chi connectivity index (χ1v) is 8.64. The molecule has 5 nitrogen and oxygen atoms in total. The van der Waals surface area contributed by atoms with Gasteiger partial charge in [0.25, 0.3) is 5.91 Å². The number of nitrogens with zero attached hydrogens (tertiary/aromatic N) is 3. The Kier molecular flexibility index (Phi) is 5.41. The molecule has 126 valence electrons. The number of carbonyl (C=O) groups excluding carboxylic acids is 1. The van der Waals surface area contributed by atoms with E-state index in [1.165, 1.54) is 31.2 Å². The Balaban J connectivity index is 1.60. The Morgan fingerprint density at radius 1 is 1.08 bits per heavy atom. The fourth-order valence-electron chi connectivity index (χ4n) is 2.98. The molecule has 0 atom stereocenters. The van der Waals surface area contributed by atoms with Gasteiger partial charge >= 0.3 is 0 Å². The van der Waals surface area contributed by atoms with Crippen molar-refractivity contribution in [2.75, 3.05) is 18.0 Å². The third-order valence-electron chi connectivity index (χ3n) is 4.50. The number of hydrogen-bond acceptors (Lipinski definition) is 4. The summed E-state index contributed by atoms with van der Waals surface area (Å²) in [6, 6.07) is 8.03. The minimum absolute atomic E-state index is 0.187. The molecule has 1 amide bonds. The van der Waals surface area contributed by atoms with Crippen molar-refractivity contribution in [3.63, 3.8) is 0 Å². The molecule has 2 aromatic rings. The van der Waals surface area contributed by atoms with Crippen molar-refractivity contribution in [2.24, 2.45) is 0 Å². The van der Waals surface area contributed by atoms with Crippen LogP contribution in [0.15, 0.2) is 36.7 Å². The van der Waals surface area contributed by atoms with Gasteiger partial charge in [0.05, 0.1) is 12.4 Å². The van der Waals surface area contributed by atoms with Gasteiger partial charge in [-0.15, -0.1) is 0 Å². The third-order valence-corrected chi connectivity index (χ3v) is 4.50. The molecule has 24 heavy (non-hydrogen) atoms. The molecule has 1 N–H and O–H groups in total. The van der Waals surface area contributed by atoms with E-state index in [1.54, 1.807) is 12.4 Å². The van der Waals surface area contributed by atoms with Gasteiger partial charge in [0, 0.05) is 19.6 Å². The van der Waals surface area contributed by atoms with E-state index in [2.05, 4.69) is 20.2 Å². The highest BCUT2D eigenvalue weighted by molar-refractivity contribution is 5.92. The number of benzene rings is 1. The van der Waals surface area contributed by atoms with Gasteiger partial charge in [-0.1, -0.05) is 37.1 Å². The van der Waals surface area contributed by atoms with Crippen molar-refractivity contribution in [3.05, 3.63) is 53.5 Å². The van der Waals surface area contributed by atoms with Gasteiger partial charge in [-0.25, -0.2) is 9.97 Å². The number of carbonyl (C=O) groups is 1. The van der Waals surface area contributed by atoms with Crippen LogP contribution >= 0.6 is 0 Å². The number of nitrogens with one attached hydrogen (secondary N) is 1. The molecule has 1 saturated heterocycles. The summed E-state index contributed by atoms with van der Waals surface area (Å²) < 4.78 is 0. The molecular weight excluding hydrogens is 300 g/mol. The Hall–Kier alpha value is -2.43. The number of anilines is 1.